The number of carbonyl (C=O) groups is 3. The zero-order valence-corrected chi connectivity index (χ0v) is 39.5. The van der Waals surface area contributed by atoms with Crippen molar-refractivity contribution in [2.45, 2.75) is 5.92 Å². The second kappa shape index (κ2) is 40.4. The summed E-state index contributed by atoms with van der Waals surface area (Å²) in [5.74, 6) is -1.23. The molecule has 2 aromatic carbocycles. The number of nitrogens with one attached hydrogen (secondary N) is 2. The van der Waals surface area contributed by atoms with Gasteiger partial charge in [0.25, 0.3) is 0 Å². The van der Waals surface area contributed by atoms with Crippen LogP contribution < -0.4 is 10.6 Å². The maximum atomic E-state index is 13.3. The van der Waals surface area contributed by atoms with Crippen LogP contribution in [0.1, 0.15) is 17.0 Å². The summed E-state index contributed by atoms with van der Waals surface area (Å²) in [5.41, 5.74) is 12.7. The van der Waals surface area contributed by atoms with E-state index >= 15 is 0 Å². The second-order valence-corrected chi connectivity index (χ2v) is 14.5. The molecule has 3 rings (SSSR count). The number of benzene rings is 2. The first-order chi connectivity index (χ1) is 33.5. The lowest BCUT2D eigenvalue weighted by Gasteiger charge is -2.23. The average Bonchev–Trinajstić information content (AvgIpc) is 3.67. The largest absolute Gasteiger partial charge is 0.448 e. The number of amides is 3. The second-order valence-electron chi connectivity index (χ2n) is 14.5. The van der Waals surface area contributed by atoms with Crippen molar-refractivity contribution < 1.29 is 76.0 Å². The van der Waals surface area contributed by atoms with Crippen LogP contribution in [0.3, 0.4) is 0 Å². The van der Waals surface area contributed by atoms with Crippen LogP contribution in [0.25, 0.3) is 21.6 Å². The Hall–Kier alpha value is -4.52. The molecule has 22 nitrogen and oxygen atoms in total. The van der Waals surface area contributed by atoms with E-state index in [1.807, 2.05) is 48.5 Å². The Morgan fingerprint density at radius 1 is 0.515 bits per heavy atom. The lowest BCUT2D eigenvalue weighted by Crippen LogP contribution is -2.47. The SMILES string of the molecule is COCCOCCOCCOCCOCCOCCOCCOCCOCCOCCOCCOCCNC(=O)CN(CC(=O)NCCN=[N+]=[N-])C(=O)OCC1c2ccccc2-c2ccccc21. The Morgan fingerprint density at radius 3 is 1.22 bits per heavy atom. The lowest BCUT2D eigenvalue weighted by molar-refractivity contribution is -0.124. The zero-order chi connectivity index (χ0) is 48.4. The van der Waals surface area contributed by atoms with Crippen molar-refractivity contribution in [2.75, 3.05) is 198 Å². The Labute approximate surface area is 399 Å². The highest BCUT2D eigenvalue weighted by atomic mass is 16.6. The molecule has 2 aromatic rings. The van der Waals surface area contributed by atoms with E-state index in [9.17, 15) is 14.4 Å². The number of methoxy groups -OCH3 is 1. The van der Waals surface area contributed by atoms with E-state index in [0.717, 1.165) is 27.2 Å². The molecular formula is C46H72N6O16. The van der Waals surface area contributed by atoms with Crippen LogP contribution in [0, 0.1) is 0 Å². The molecule has 0 bridgehead atoms. The summed E-state index contributed by atoms with van der Waals surface area (Å²) >= 11 is 0. The van der Waals surface area contributed by atoms with Gasteiger partial charge in [0.2, 0.25) is 11.8 Å². The fourth-order valence-electron chi connectivity index (χ4n) is 6.32. The molecule has 2 N–H and O–H groups in total. The van der Waals surface area contributed by atoms with Gasteiger partial charge in [0.1, 0.15) is 19.7 Å². The van der Waals surface area contributed by atoms with Crippen LogP contribution in [0.15, 0.2) is 53.6 Å². The van der Waals surface area contributed by atoms with Gasteiger partial charge in [-0.3, -0.25) is 14.5 Å². The Bertz CT molecular complexity index is 1630. The fraction of sp³-hybridized carbons (Fsp3) is 0.674. The minimum Gasteiger partial charge on any atom is -0.448 e. The molecule has 1 aliphatic carbocycles. The Morgan fingerprint density at radius 2 is 0.853 bits per heavy atom. The number of hydrogen-bond donors (Lipinski definition) is 2. The van der Waals surface area contributed by atoms with Crippen molar-refractivity contribution in [3.63, 3.8) is 0 Å². The predicted octanol–water partition coefficient (Wildman–Crippen LogP) is 2.61. The molecule has 0 saturated carbocycles. The third-order valence-electron chi connectivity index (χ3n) is 9.58. The summed E-state index contributed by atoms with van der Waals surface area (Å²) in [6.07, 6.45) is -0.813. The van der Waals surface area contributed by atoms with Gasteiger partial charge in [-0.15, -0.1) is 0 Å². The third-order valence-corrected chi connectivity index (χ3v) is 9.58. The molecule has 0 spiro atoms. The van der Waals surface area contributed by atoms with Gasteiger partial charge in [0, 0.05) is 37.6 Å². The topological polar surface area (TPSA) is 247 Å². The lowest BCUT2D eigenvalue weighted by atomic mass is 9.98. The minimum absolute atomic E-state index is 0.0239. The van der Waals surface area contributed by atoms with Crippen molar-refractivity contribution in [2.24, 2.45) is 5.11 Å². The first-order valence-electron chi connectivity index (χ1n) is 23.0. The molecular weight excluding hydrogens is 893 g/mol. The molecule has 22 heteroatoms. The van der Waals surface area contributed by atoms with Crippen molar-refractivity contribution in [3.05, 3.63) is 70.1 Å². The standard InChI is InChI=1S/C46H72N6O16/c1-56-14-15-58-18-19-60-22-23-62-26-27-64-30-31-66-34-35-67-33-32-65-29-28-63-25-24-61-21-20-59-17-16-57-13-12-49-45(54)37-52(36-44(53)48-10-11-50-51-47)46(55)68-38-43-41-8-4-2-6-39(41)40-7-3-5-9-42(40)43/h2-9,43H,10-38H2,1H3,(H,48,53)(H,49,54). The number of carbonyl (C=O) groups excluding carboxylic acids is 3. The molecule has 0 fully saturated rings. The highest BCUT2D eigenvalue weighted by molar-refractivity contribution is 5.87. The van der Waals surface area contributed by atoms with Crippen molar-refractivity contribution >= 4 is 17.9 Å². The molecule has 0 aliphatic heterocycles. The van der Waals surface area contributed by atoms with E-state index in [1.165, 1.54) is 0 Å². The first kappa shape index (κ1) is 57.8. The molecule has 0 heterocycles. The van der Waals surface area contributed by atoms with Crippen LogP contribution >= 0.6 is 0 Å². The quantitative estimate of drug-likeness (QED) is 0.0419. The van der Waals surface area contributed by atoms with Gasteiger partial charge < -0.3 is 72.2 Å². The van der Waals surface area contributed by atoms with Crippen LogP contribution in [-0.4, -0.2) is 221 Å². The molecule has 0 atom stereocenters. The molecule has 0 radical (unpaired) electrons. The highest BCUT2D eigenvalue weighted by Gasteiger charge is 2.30. The van der Waals surface area contributed by atoms with Gasteiger partial charge >= 0.3 is 6.09 Å². The van der Waals surface area contributed by atoms with Gasteiger partial charge in [-0.25, -0.2) is 4.79 Å². The number of fused-ring (bicyclic) bond motifs is 3. The van der Waals surface area contributed by atoms with E-state index in [0.29, 0.717) is 145 Å². The molecule has 68 heavy (non-hydrogen) atoms. The third kappa shape index (κ3) is 27.5. The summed E-state index contributed by atoms with van der Waals surface area (Å²) in [4.78, 5) is 42.4. The molecule has 382 valence electrons. The van der Waals surface area contributed by atoms with Gasteiger partial charge in [-0.05, 0) is 27.8 Å². The summed E-state index contributed by atoms with van der Waals surface area (Å²) in [5, 5.41) is 8.66. The number of nitrogens with zero attached hydrogens (tertiary/aromatic N) is 4. The van der Waals surface area contributed by atoms with Gasteiger partial charge in [-0.2, -0.15) is 0 Å². The van der Waals surface area contributed by atoms with E-state index < -0.39 is 31.0 Å². The van der Waals surface area contributed by atoms with Gasteiger partial charge in [-0.1, -0.05) is 53.6 Å². The van der Waals surface area contributed by atoms with Crippen LogP contribution in [-0.2, 0) is 71.2 Å². The molecule has 0 saturated heterocycles. The predicted molar refractivity (Wildman–Crippen MR) is 248 cm³/mol. The van der Waals surface area contributed by atoms with Crippen molar-refractivity contribution in [1.82, 2.24) is 15.5 Å². The molecule has 0 aromatic heterocycles. The summed E-state index contributed by atoms with van der Waals surface area (Å²) in [7, 11) is 1.64. The minimum atomic E-state index is -0.813. The van der Waals surface area contributed by atoms with Crippen molar-refractivity contribution in [1.29, 1.82) is 0 Å². The van der Waals surface area contributed by atoms with E-state index in [4.69, 9.17) is 67.1 Å². The van der Waals surface area contributed by atoms with Crippen LogP contribution in [0.4, 0.5) is 4.79 Å². The van der Waals surface area contributed by atoms with Crippen LogP contribution in [0.2, 0.25) is 0 Å². The zero-order valence-electron chi connectivity index (χ0n) is 39.5. The van der Waals surface area contributed by atoms with Gasteiger partial charge in [0.15, 0.2) is 0 Å². The molecule has 0 unspecified atom stereocenters. The maximum absolute atomic E-state index is 13.3. The normalized spacial score (nSPS) is 11.8. The fourth-order valence-corrected chi connectivity index (χ4v) is 6.32. The van der Waals surface area contributed by atoms with E-state index in [2.05, 4.69) is 20.7 Å². The Kier molecular flexibility index (Phi) is 34.3. The number of rotatable bonds is 45. The maximum Gasteiger partial charge on any atom is 0.410 e. The van der Waals surface area contributed by atoms with Gasteiger partial charge in [0.05, 0.1) is 152 Å². The number of hydrogen-bond acceptors (Lipinski definition) is 17. The summed E-state index contributed by atoms with van der Waals surface area (Å²) in [6.45, 7) is 9.91. The van der Waals surface area contributed by atoms with Crippen molar-refractivity contribution in [3.8, 4) is 11.1 Å². The monoisotopic (exact) mass is 965 g/mol. The van der Waals surface area contributed by atoms with Crippen LogP contribution in [0.5, 0.6) is 0 Å². The number of azide groups is 1. The Balaban J connectivity index is 1.08. The summed E-state index contributed by atoms with van der Waals surface area (Å²) in [6, 6.07) is 15.9. The summed E-state index contributed by atoms with van der Waals surface area (Å²) < 4.78 is 70.8. The molecule has 1 aliphatic rings. The smallest absolute Gasteiger partial charge is 0.410 e. The van der Waals surface area contributed by atoms with E-state index in [-0.39, 0.29) is 38.8 Å². The molecule has 3 amide bonds. The first-order valence-corrected chi connectivity index (χ1v) is 23.0. The average molecular weight is 965 g/mol. The number of ether oxygens (including phenoxy) is 13. The van der Waals surface area contributed by atoms with E-state index in [1.54, 1.807) is 7.11 Å². The highest BCUT2D eigenvalue weighted by Crippen LogP contribution is 2.44.